The maximum atomic E-state index is 10.5. The van der Waals surface area contributed by atoms with E-state index < -0.39 is 5.72 Å². The summed E-state index contributed by atoms with van der Waals surface area (Å²) in [4.78, 5) is 21.0. The molecular formula is C7H13NO3. The van der Waals surface area contributed by atoms with E-state index in [1.165, 1.54) is 13.8 Å². The van der Waals surface area contributed by atoms with Crippen LogP contribution < -0.4 is 5.73 Å². The van der Waals surface area contributed by atoms with Crippen molar-refractivity contribution in [3.05, 3.63) is 0 Å². The number of carbonyl (C=O) groups is 2. The zero-order valence-electron chi connectivity index (χ0n) is 6.76. The summed E-state index contributed by atoms with van der Waals surface area (Å²) in [6.45, 7) is 2.63. The molecule has 0 saturated heterocycles. The first-order valence-electron chi connectivity index (χ1n) is 3.33. The topological polar surface area (TPSA) is 80.4 Å². The van der Waals surface area contributed by atoms with E-state index in [4.69, 9.17) is 5.73 Å². The molecule has 64 valence electrons. The third-order valence-corrected chi connectivity index (χ3v) is 1.11. The summed E-state index contributed by atoms with van der Waals surface area (Å²) in [5.41, 5.74) is 3.58. The first-order chi connectivity index (χ1) is 4.83. The van der Waals surface area contributed by atoms with Crippen LogP contribution in [0.15, 0.2) is 0 Å². The van der Waals surface area contributed by atoms with Crippen molar-refractivity contribution in [3.8, 4) is 0 Å². The Morgan fingerprint density at radius 2 is 1.55 bits per heavy atom. The fourth-order valence-electron chi connectivity index (χ4n) is 0.925. The molecule has 11 heavy (non-hydrogen) atoms. The molecule has 0 aromatic heterocycles. The molecule has 0 aromatic carbocycles. The van der Waals surface area contributed by atoms with Crippen molar-refractivity contribution in [2.45, 2.75) is 32.4 Å². The summed E-state index contributed by atoms with van der Waals surface area (Å²) in [6, 6.07) is 0. The van der Waals surface area contributed by atoms with Crippen LogP contribution in [0.4, 0.5) is 0 Å². The first kappa shape index (κ1) is 10.3. The number of Topliss-reactive ketones (excluding diaryl/α,β-unsaturated/α-hetero) is 2. The van der Waals surface area contributed by atoms with E-state index in [-0.39, 0.29) is 24.4 Å². The van der Waals surface area contributed by atoms with E-state index in [0.29, 0.717) is 0 Å². The highest BCUT2D eigenvalue weighted by Gasteiger charge is 2.24. The van der Waals surface area contributed by atoms with Gasteiger partial charge in [-0.15, -0.1) is 0 Å². The van der Waals surface area contributed by atoms with Gasteiger partial charge in [0.05, 0.1) is 0 Å². The van der Waals surface area contributed by atoms with Crippen LogP contribution in [0, 0.1) is 0 Å². The number of hydrogen-bond acceptors (Lipinski definition) is 4. The fraction of sp³-hybridized carbons (Fsp3) is 0.714. The Bertz CT molecular complexity index is 157. The van der Waals surface area contributed by atoms with Gasteiger partial charge in [-0.25, -0.2) is 0 Å². The summed E-state index contributed by atoms with van der Waals surface area (Å²) in [5, 5.41) is 9.19. The molecule has 0 aliphatic carbocycles. The van der Waals surface area contributed by atoms with Crippen molar-refractivity contribution >= 4 is 11.6 Å². The number of rotatable bonds is 4. The summed E-state index contributed by atoms with van der Waals surface area (Å²) >= 11 is 0. The maximum absolute atomic E-state index is 10.5. The normalized spacial score (nSPS) is 11.3. The number of carbonyl (C=O) groups excluding carboxylic acids is 2. The molecule has 0 atom stereocenters. The molecule has 0 unspecified atom stereocenters. The van der Waals surface area contributed by atoms with Gasteiger partial charge in [-0.1, -0.05) is 0 Å². The molecule has 3 N–H and O–H groups in total. The van der Waals surface area contributed by atoms with Crippen LogP contribution in [0.2, 0.25) is 0 Å². The van der Waals surface area contributed by atoms with E-state index in [9.17, 15) is 14.7 Å². The Balaban J connectivity index is 3.99. The zero-order chi connectivity index (χ0) is 9.07. The predicted octanol–water partition coefficient (Wildman–Crippen LogP) is -0.408. The smallest absolute Gasteiger partial charge is 0.134 e. The van der Waals surface area contributed by atoms with Crippen molar-refractivity contribution in [2.75, 3.05) is 0 Å². The fourth-order valence-corrected chi connectivity index (χ4v) is 0.925. The second-order valence-corrected chi connectivity index (χ2v) is 2.86. The van der Waals surface area contributed by atoms with Crippen LogP contribution in [0.1, 0.15) is 26.7 Å². The average molecular weight is 159 g/mol. The lowest BCUT2D eigenvalue weighted by Gasteiger charge is -2.19. The SMILES string of the molecule is CC(=O)CC(N)(O)CC(C)=O. The Morgan fingerprint density at radius 3 is 1.73 bits per heavy atom. The largest absolute Gasteiger partial charge is 0.375 e. The molecule has 0 bridgehead atoms. The van der Waals surface area contributed by atoms with Gasteiger partial charge >= 0.3 is 0 Å². The second-order valence-electron chi connectivity index (χ2n) is 2.86. The van der Waals surface area contributed by atoms with Crippen molar-refractivity contribution in [1.82, 2.24) is 0 Å². The minimum atomic E-state index is -1.66. The predicted molar refractivity (Wildman–Crippen MR) is 39.7 cm³/mol. The molecule has 0 aliphatic rings. The molecule has 0 spiro atoms. The number of nitrogens with two attached hydrogens (primary N) is 1. The highest BCUT2D eigenvalue weighted by Crippen LogP contribution is 2.08. The monoisotopic (exact) mass is 159 g/mol. The Hall–Kier alpha value is -0.740. The highest BCUT2D eigenvalue weighted by atomic mass is 16.3. The van der Waals surface area contributed by atoms with Crippen molar-refractivity contribution < 1.29 is 14.7 Å². The van der Waals surface area contributed by atoms with Crippen LogP contribution >= 0.6 is 0 Å². The van der Waals surface area contributed by atoms with E-state index in [1.54, 1.807) is 0 Å². The quantitative estimate of drug-likeness (QED) is 0.546. The second kappa shape index (κ2) is 3.59. The molecule has 4 nitrogen and oxygen atoms in total. The van der Waals surface area contributed by atoms with Gasteiger partial charge in [0.25, 0.3) is 0 Å². The summed E-state index contributed by atoms with van der Waals surface area (Å²) < 4.78 is 0. The third-order valence-electron chi connectivity index (χ3n) is 1.11. The van der Waals surface area contributed by atoms with Gasteiger partial charge in [0, 0.05) is 12.8 Å². The molecule has 4 heteroatoms. The van der Waals surface area contributed by atoms with Crippen LogP contribution in [-0.4, -0.2) is 22.4 Å². The zero-order valence-corrected chi connectivity index (χ0v) is 6.76. The first-order valence-corrected chi connectivity index (χ1v) is 3.33. The number of hydrogen-bond donors (Lipinski definition) is 2. The van der Waals surface area contributed by atoms with E-state index in [0.717, 1.165) is 0 Å². The van der Waals surface area contributed by atoms with Gasteiger partial charge in [-0.05, 0) is 13.8 Å². The molecule has 0 aliphatic heterocycles. The van der Waals surface area contributed by atoms with Crippen molar-refractivity contribution in [3.63, 3.8) is 0 Å². The number of ketones is 2. The van der Waals surface area contributed by atoms with E-state index >= 15 is 0 Å². The number of aliphatic hydroxyl groups is 1. The standard InChI is InChI=1S/C7H13NO3/c1-5(9)3-7(8,11)4-6(2)10/h11H,3-4,8H2,1-2H3. The third kappa shape index (κ3) is 5.69. The van der Waals surface area contributed by atoms with Crippen molar-refractivity contribution in [2.24, 2.45) is 5.73 Å². The van der Waals surface area contributed by atoms with Crippen LogP contribution in [0.25, 0.3) is 0 Å². The molecule has 0 saturated carbocycles. The molecular weight excluding hydrogens is 146 g/mol. The lowest BCUT2D eigenvalue weighted by atomic mass is 10.0. The summed E-state index contributed by atoms with van der Waals surface area (Å²) in [5.74, 6) is -0.451. The highest BCUT2D eigenvalue weighted by molar-refractivity contribution is 5.80. The summed E-state index contributed by atoms with van der Waals surface area (Å²) in [6.07, 6.45) is -0.348. The molecule has 0 rings (SSSR count). The lowest BCUT2D eigenvalue weighted by Crippen LogP contribution is -2.42. The minimum absolute atomic E-state index is 0.174. The average Bonchev–Trinajstić information content (AvgIpc) is 1.53. The van der Waals surface area contributed by atoms with Crippen LogP contribution in [0.3, 0.4) is 0 Å². The van der Waals surface area contributed by atoms with Crippen molar-refractivity contribution in [1.29, 1.82) is 0 Å². The molecule has 0 radical (unpaired) electrons. The van der Waals surface area contributed by atoms with Gasteiger partial charge < -0.3 is 10.8 Å². The van der Waals surface area contributed by atoms with Gasteiger partial charge in [0.15, 0.2) is 0 Å². The molecule has 0 aromatic rings. The Labute approximate surface area is 65.4 Å². The Morgan fingerprint density at radius 1 is 1.27 bits per heavy atom. The molecule has 0 fully saturated rings. The van der Waals surface area contributed by atoms with Gasteiger partial charge in [0.2, 0.25) is 0 Å². The summed E-state index contributed by atoms with van der Waals surface area (Å²) in [7, 11) is 0. The minimum Gasteiger partial charge on any atom is -0.375 e. The van der Waals surface area contributed by atoms with Gasteiger partial charge in [0.1, 0.15) is 17.3 Å². The lowest BCUT2D eigenvalue weighted by molar-refractivity contribution is -0.126. The maximum Gasteiger partial charge on any atom is 0.134 e. The van der Waals surface area contributed by atoms with Crippen LogP contribution in [0.5, 0.6) is 0 Å². The molecule has 0 amide bonds. The van der Waals surface area contributed by atoms with E-state index in [2.05, 4.69) is 0 Å². The van der Waals surface area contributed by atoms with Gasteiger partial charge in [-0.3, -0.25) is 9.59 Å². The van der Waals surface area contributed by atoms with E-state index in [1.807, 2.05) is 0 Å². The Kier molecular flexibility index (Phi) is 3.35. The molecule has 0 heterocycles. The van der Waals surface area contributed by atoms with Gasteiger partial charge in [-0.2, -0.15) is 0 Å². The van der Waals surface area contributed by atoms with Crippen LogP contribution in [-0.2, 0) is 9.59 Å².